The smallest absolute Gasteiger partial charge is 0 e. The minimum atomic E-state index is 0. The van der Waals surface area contributed by atoms with E-state index in [1.54, 1.807) is 0 Å². The molecule has 0 rings (SSSR count). The summed E-state index contributed by atoms with van der Waals surface area (Å²) in [4.78, 5) is 0. The molecule has 6 N–H and O–H groups in total. The summed E-state index contributed by atoms with van der Waals surface area (Å²) in [6.45, 7) is 0. The van der Waals surface area contributed by atoms with E-state index < -0.39 is 0 Å². The Kier molecular flexibility index (Phi) is 10400000. The highest BCUT2D eigenvalue weighted by Crippen LogP contribution is -0.287. The van der Waals surface area contributed by atoms with Crippen LogP contribution in [0.5, 0.6) is 0 Å². The Morgan fingerprint density at radius 3 is 0.500 bits per heavy atom. The molecule has 0 aliphatic heterocycles. The lowest BCUT2D eigenvalue weighted by atomic mass is 10.8. The molecule has 0 aromatic heterocycles. The van der Waals surface area contributed by atoms with Gasteiger partial charge < -0.3 is 16.4 Å². The van der Waals surface area contributed by atoms with E-state index in [2.05, 4.69) is 0 Å². The van der Waals surface area contributed by atoms with E-state index in [4.69, 9.17) is 0 Å². The standard InChI is InChI=1S/B.3H2O/h;3*1H2. The predicted octanol–water partition coefficient (Wildman–Crippen LogP) is -2.85. The molecule has 0 aromatic rings. The first kappa shape index (κ1) is 11300. The fourth-order valence-corrected chi connectivity index (χ4v) is 0. The molecular formula is H6BO3. The topological polar surface area (TPSA) is 94.5 Å². The summed E-state index contributed by atoms with van der Waals surface area (Å²) in [5, 5.41) is 0. The van der Waals surface area contributed by atoms with Crippen LogP contribution in [0.3, 0.4) is 0 Å². The molecule has 0 aromatic carbocycles. The Balaban J connectivity index is 0. The molecule has 0 atom stereocenters. The first-order valence-corrected chi connectivity index (χ1v) is 0. The van der Waals surface area contributed by atoms with Gasteiger partial charge in [0, 0.05) is 8.41 Å². The second kappa shape index (κ2) is 3670. The molecule has 0 aliphatic rings. The Bertz CT molecular complexity index is 3.25. The van der Waals surface area contributed by atoms with Crippen molar-refractivity contribution < 1.29 is 16.4 Å². The van der Waals surface area contributed by atoms with Crippen LogP contribution in [0.4, 0.5) is 0 Å². The number of hydrogen-bond donors (Lipinski definition) is 0. The maximum atomic E-state index is 0. The van der Waals surface area contributed by atoms with Gasteiger partial charge in [0.15, 0.2) is 0 Å². The van der Waals surface area contributed by atoms with Crippen LogP contribution in [0.1, 0.15) is 0 Å². The molecule has 27 valence electrons. The molecule has 0 spiro atoms. The Morgan fingerprint density at radius 2 is 0.500 bits per heavy atom. The van der Waals surface area contributed by atoms with Crippen LogP contribution >= 0.6 is 0 Å². The molecule has 4 heavy (non-hydrogen) atoms. The molecular weight excluding hydrogens is 58.8 g/mol. The van der Waals surface area contributed by atoms with Crippen molar-refractivity contribution in [3.05, 3.63) is 0 Å². The molecule has 4 heteroatoms. The van der Waals surface area contributed by atoms with Crippen molar-refractivity contribution in [1.82, 2.24) is 0 Å². The second-order valence-electron chi connectivity index (χ2n) is 0. The molecule has 0 fully saturated rings. The summed E-state index contributed by atoms with van der Waals surface area (Å²) >= 11 is 0. The van der Waals surface area contributed by atoms with Crippen molar-refractivity contribution in [3.8, 4) is 0 Å². The lowest BCUT2D eigenvalue weighted by Gasteiger charge is -0.413. The minimum absolute atomic E-state index is 0. The normalized spacial score (nSPS) is 0. The van der Waals surface area contributed by atoms with E-state index >= 15 is 0 Å². The molecule has 0 aliphatic carbocycles. The minimum Gasteiger partial charge on any atom is -0.412 e. The quantitative estimate of drug-likeness (QED) is 0.271. The molecule has 0 saturated carbocycles. The monoisotopic (exact) mass is 65.0 g/mol. The Hall–Kier alpha value is -0.0551. The summed E-state index contributed by atoms with van der Waals surface area (Å²) in [6, 6.07) is 0. The third-order valence-electron chi connectivity index (χ3n) is 0. The summed E-state index contributed by atoms with van der Waals surface area (Å²) < 4.78 is 0. The fourth-order valence-electron chi connectivity index (χ4n) is 0. The SMILES string of the molecule is O.O.O.[B]. The highest BCUT2D eigenvalue weighted by atomic mass is 16.0. The zero-order valence-electron chi connectivity index (χ0n) is 2.08. The molecule has 3 radical (unpaired) electrons. The summed E-state index contributed by atoms with van der Waals surface area (Å²) in [5.74, 6) is 0. The molecule has 0 bridgehead atoms. The third kappa shape index (κ3) is 573. The summed E-state index contributed by atoms with van der Waals surface area (Å²) in [7, 11) is 0. The lowest BCUT2D eigenvalue weighted by Crippen LogP contribution is -0.381. The molecule has 0 unspecified atom stereocenters. The van der Waals surface area contributed by atoms with Crippen molar-refractivity contribution in [3.63, 3.8) is 0 Å². The van der Waals surface area contributed by atoms with Crippen molar-refractivity contribution in [2.75, 3.05) is 0 Å². The predicted molar refractivity (Wildman–Crippen MR) is 16.6 cm³/mol. The van der Waals surface area contributed by atoms with Gasteiger partial charge in [0.2, 0.25) is 0 Å². The van der Waals surface area contributed by atoms with Crippen LogP contribution < -0.4 is 0 Å². The van der Waals surface area contributed by atoms with Gasteiger partial charge in [0.1, 0.15) is 0 Å². The van der Waals surface area contributed by atoms with Gasteiger partial charge in [-0.25, -0.2) is 0 Å². The summed E-state index contributed by atoms with van der Waals surface area (Å²) in [6.07, 6.45) is 0. The molecule has 0 saturated heterocycles. The zero-order chi connectivity index (χ0) is 0. The molecule has 0 amide bonds. The van der Waals surface area contributed by atoms with Crippen molar-refractivity contribution in [2.45, 2.75) is 0 Å². The van der Waals surface area contributed by atoms with Gasteiger partial charge in [0.25, 0.3) is 0 Å². The molecule has 0 heterocycles. The van der Waals surface area contributed by atoms with E-state index in [0.29, 0.717) is 0 Å². The third-order valence-corrected chi connectivity index (χ3v) is 0. The van der Waals surface area contributed by atoms with Crippen LogP contribution in [0.2, 0.25) is 0 Å². The average Bonchev–Trinajstić information content (AvgIpc) is 0. The van der Waals surface area contributed by atoms with Crippen LogP contribution in [-0.4, -0.2) is 24.8 Å². The summed E-state index contributed by atoms with van der Waals surface area (Å²) in [5.41, 5.74) is 0. The van der Waals surface area contributed by atoms with Crippen LogP contribution in [0, 0.1) is 0 Å². The van der Waals surface area contributed by atoms with E-state index in [-0.39, 0.29) is 24.8 Å². The van der Waals surface area contributed by atoms with Gasteiger partial charge in [-0.05, 0) is 0 Å². The van der Waals surface area contributed by atoms with E-state index in [9.17, 15) is 0 Å². The largest absolute Gasteiger partial charge is 0.412 e. The first-order valence-electron chi connectivity index (χ1n) is 0. The van der Waals surface area contributed by atoms with E-state index in [1.165, 1.54) is 0 Å². The highest BCUT2D eigenvalue weighted by molar-refractivity contribution is 5.75. The van der Waals surface area contributed by atoms with Gasteiger partial charge in [-0.3, -0.25) is 0 Å². The van der Waals surface area contributed by atoms with E-state index in [1.807, 2.05) is 0 Å². The maximum Gasteiger partial charge on any atom is 0 e. The van der Waals surface area contributed by atoms with Crippen molar-refractivity contribution in [2.24, 2.45) is 0 Å². The van der Waals surface area contributed by atoms with Gasteiger partial charge in [-0.15, -0.1) is 0 Å². The van der Waals surface area contributed by atoms with E-state index in [0.717, 1.165) is 0 Å². The van der Waals surface area contributed by atoms with Crippen LogP contribution in [0.25, 0.3) is 0 Å². The van der Waals surface area contributed by atoms with Crippen LogP contribution in [-0.2, 0) is 0 Å². The Labute approximate surface area is 26.1 Å². The maximum absolute atomic E-state index is 0. The van der Waals surface area contributed by atoms with Crippen molar-refractivity contribution >= 4 is 8.41 Å². The lowest BCUT2D eigenvalue weighted by molar-refractivity contribution is 0.823. The first-order chi connectivity index (χ1) is 0. The number of hydrogen-bond acceptors (Lipinski definition) is 0. The van der Waals surface area contributed by atoms with Gasteiger partial charge in [0.05, 0.1) is 0 Å². The zero-order valence-corrected chi connectivity index (χ0v) is 2.08. The van der Waals surface area contributed by atoms with Gasteiger partial charge >= 0.3 is 0 Å². The Morgan fingerprint density at radius 1 is 0.500 bits per heavy atom. The van der Waals surface area contributed by atoms with Gasteiger partial charge in [-0.1, -0.05) is 0 Å². The second-order valence-corrected chi connectivity index (χ2v) is 0. The fraction of sp³-hybridized carbons (Fsp3) is 0. The molecule has 3 nitrogen and oxygen atoms in total. The number of rotatable bonds is 0. The average molecular weight is 64.9 g/mol. The van der Waals surface area contributed by atoms with Crippen LogP contribution in [0.15, 0.2) is 0 Å². The highest BCUT2D eigenvalue weighted by Gasteiger charge is 0.00000733. The van der Waals surface area contributed by atoms with Crippen molar-refractivity contribution in [1.29, 1.82) is 0 Å². The van der Waals surface area contributed by atoms with Gasteiger partial charge in [-0.2, -0.15) is 0 Å².